The van der Waals surface area contributed by atoms with Crippen LogP contribution in [-0.4, -0.2) is 19.5 Å². The Morgan fingerprint density at radius 3 is 2.60 bits per heavy atom. The summed E-state index contributed by atoms with van der Waals surface area (Å²) in [5.41, 5.74) is 1.14. The number of nitrogens with zero attached hydrogens (tertiary/aromatic N) is 2. The van der Waals surface area contributed by atoms with E-state index >= 15 is 0 Å². The molecule has 0 saturated heterocycles. The van der Waals surface area contributed by atoms with E-state index in [2.05, 4.69) is 4.72 Å². The third-order valence-electron chi connectivity index (χ3n) is 2.96. The number of nitrogens with one attached hydrogen (secondary N) is 1. The van der Waals surface area contributed by atoms with Crippen LogP contribution in [0.4, 0.5) is 0 Å². The molecule has 0 saturated carbocycles. The molecule has 0 aliphatic rings. The second-order valence-electron chi connectivity index (χ2n) is 4.41. The van der Waals surface area contributed by atoms with Crippen LogP contribution in [0.15, 0.2) is 47.6 Å². The van der Waals surface area contributed by atoms with E-state index in [4.69, 9.17) is 5.26 Å². The van der Waals surface area contributed by atoms with Crippen molar-refractivity contribution in [3.63, 3.8) is 0 Å². The monoisotopic (exact) mass is 289 g/mol. The average molecular weight is 289 g/mol. The van der Waals surface area contributed by atoms with Gasteiger partial charge in [0.25, 0.3) is 0 Å². The number of aromatic nitrogens is 1. The number of rotatable bonds is 5. The summed E-state index contributed by atoms with van der Waals surface area (Å²) in [7, 11) is -3.53. The Morgan fingerprint density at radius 2 is 2.00 bits per heavy atom. The third-order valence-corrected chi connectivity index (χ3v) is 4.42. The maximum absolute atomic E-state index is 12.1. The van der Waals surface area contributed by atoms with E-state index in [0.29, 0.717) is 24.2 Å². The Kier molecular flexibility index (Phi) is 4.23. The van der Waals surface area contributed by atoms with Gasteiger partial charge in [0, 0.05) is 25.5 Å². The van der Waals surface area contributed by atoms with Crippen molar-refractivity contribution < 1.29 is 8.42 Å². The zero-order valence-corrected chi connectivity index (χ0v) is 11.9. The third kappa shape index (κ3) is 3.26. The van der Waals surface area contributed by atoms with Gasteiger partial charge in [-0.3, -0.25) is 0 Å². The van der Waals surface area contributed by atoms with E-state index in [1.54, 1.807) is 6.92 Å². The highest BCUT2D eigenvalue weighted by atomic mass is 32.2. The minimum Gasteiger partial charge on any atom is -0.353 e. The first kappa shape index (κ1) is 14.3. The second-order valence-corrected chi connectivity index (χ2v) is 6.17. The van der Waals surface area contributed by atoms with Gasteiger partial charge in [-0.1, -0.05) is 0 Å². The van der Waals surface area contributed by atoms with Crippen LogP contribution in [0.5, 0.6) is 0 Å². The summed E-state index contributed by atoms with van der Waals surface area (Å²) >= 11 is 0. The Bertz CT molecular complexity index is 728. The van der Waals surface area contributed by atoms with Gasteiger partial charge in [0.1, 0.15) is 0 Å². The molecule has 5 nitrogen and oxygen atoms in total. The minimum atomic E-state index is -3.53. The van der Waals surface area contributed by atoms with Gasteiger partial charge in [0.05, 0.1) is 16.5 Å². The first-order valence-electron chi connectivity index (χ1n) is 6.14. The molecule has 104 valence electrons. The van der Waals surface area contributed by atoms with Gasteiger partial charge >= 0.3 is 0 Å². The van der Waals surface area contributed by atoms with Crippen LogP contribution >= 0.6 is 0 Å². The van der Waals surface area contributed by atoms with Crippen molar-refractivity contribution in [3.8, 4) is 6.07 Å². The number of nitriles is 1. The summed E-state index contributed by atoms with van der Waals surface area (Å²) in [4.78, 5) is 0.182. The van der Waals surface area contributed by atoms with Crippen LogP contribution < -0.4 is 4.72 Å². The summed E-state index contributed by atoms with van der Waals surface area (Å²) in [6, 6.07) is 10.3. The van der Waals surface area contributed by atoms with Crippen LogP contribution in [0, 0.1) is 18.3 Å². The van der Waals surface area contributed by atoms with Crippen LogP contribution in [0.1, 0.15) is 11.1 Å². The fourth-order valence-electron chi connectivity index (χ4n) is 1.84. The van der Waals surface area contributed by atoms with E-state index < -0.39 is 10.0 Å². The predicted molar refractivity (Wildman–Crippen MR) is 75.5 cm³/mol. The fraction of sp³-hybridized carbons (Fsp3) is 0.214. The molecule has 0 amide bonds. The first-order chi connectivity index (χ1) is 9.53. The second kappa shape index (κ2) is 5.90. The van der Waals surface area contributed by atoms with E-state index in [9.17, 15) is 8.42 Å². The lowest BCUT2D eigenvalue weighted by molar-refractivity contribution is 0.573. The van der Waals surface area contributed by atoms with E-state index in [1.807, 2.05) is 35.2 Å². The Morgan fingerprint density at radius 1 is 1.30 bits per heavy atom. The molecule has 2 aromatic rings. The van der Waals surface area contributed by atoms with Crippen molar-refractivity contribution in [2.75, 3.05) is 6.54 Å². The summed E-state index contributed by atoms with van der Waals surface area (Å²) in [6.45, 7) is 2.61. The smallest absolute Gasteiger partial charge is 0.240 e. The average Bonchev–Trinajstić information content (AvgIpc) is 2.91. The number of aryl methyl sites for hydroxylation is 1. The van der Waals surface area contributed by atoms with Crippen molar-refractivity contribution in [1.82, 2.24) is 9.29 Å². The van der Waals surface area contributed by atoms with E-state index in [1.165, 1.54) is 18.2 Å². The quantitative estimate of drug-likeness (QED) is 0.909. The maximum Gasteiger partial charge on any atom is 0.240 e. The molecule has 0 aliphatic heterocycles. The number of hydrogen-bond acceptors (Lipinski definition) is 3. The molecule has 20 heavy (non-hydrogen) atoms. The molecule has 0 spiro atoms. The molecular formula is C14H15N3O2S. The highest BCUT2D eigenvalue weighted by Crippen LogP contribution is 2.14. The van der Waals surface area contributed by atoms with Crippen LogP contribution in [0.25, 0.3) is 0 Å². The lowest BCUT2D eigenvalue weighted by Gasteiger charge is -2.08. The van der Waals surface area contributed by atoms with Gasteiger partial charge < -0.3 is 4.57 Å². The van der Waals surface area contributed by atoms with Gasteiger partial charge in [0.2, 0.25) is 10.0 Å². The van der Waals surface area contributed by atoms with Gasteiger partial charge in [-0.25, -0.2) is 13.1 Å². The van der Waals surface area contributed by atoms with Crippen LogP contribution in [-0.2, 0) is 16.6 Å². The SMILES string of the molecule is Cc1cc(S(=O)(=O)NCCn2cccc2)ccc1C#N. The molecule has 0 aliphatic carbocycles. The molecule has 1 aromatic carbocycles. The molecule has 0 radical (unpaired) electrons. The largest absolute Gasteiger partial charge is 0.353 e. The van der Waals surface area contributed by atoms with Gasteiger partial charge in [-0.05, 0) is 42.8 Å². The summed E-state index contributed by atoms with van der Waals surface area (Å²) in [6.07, 6.45) is 3.75. The Balaban J connectivity index is 2.06. The molecule has 2 rings (SSSR count). The Labute approximate surface area is 118 Å². The number of sulfonamides is 1. The predicted octanol–water partition coefficient (Wildman–Crippen LogP) is 1.65. The molecule has 1 heterocycles. The highest BCUT2D eigenvalue weighted by molar-refractivity contribution is 7.89. The number of benzene rings is 1. The standard InChI is InChI=1S/C14H15N3O2S/c1-12-10-14(5-4-13(12)11-15)20(18,19)16-6-9-17-7-2-3-8-17/h2-5,7-8,10,16H,6,9H2,1H3. The molecule has 1 N–H and O–H groups in total. The molecule has 0 fully saturated rings. The van der Waals surface area contributed by atoms with E-state index in [-0.39, 0.29) is 4.90 Å². The van der Waals surface area contributed by atoms with Crippen molar-refractivity contribution in [3.05, 3.63) is 53.9 Å². The summed E-state index contributed by atoms with van der Waals surface area (Å²) in [5, 5.41) is 8.84. The molecule has 0 atom stereocenters. The topological polar surface area (TPSA) is 74.9 Å². The zero-order valence-electron chi connectivity index (χ0n) is 11.1. The van der Waals surface area contributed by atoms with Gasteiger partial charge in [-0.2, -0.15) is 5.26 Å². The maximum atomic E-state index is 12.1. The molecule has 1 aromatic heterocycles. The normalized spacial score (nSPS) is 11.2. The lowest BCUT2D eigenvalue weighted by atomic mass is 10.1. The van der Waals surface area contributed by atoms with Gasteiger partial charge in [-0.15, -0.1) is 0 Å². The first-order valence-corrected chi connectivity index (χ1v) is 7.62. The van der Waals surface area contributed by atoms with Crippen molar-refractivity contribution in [1.29, 1.82) is 5.26 Å². The van der Waals surface area contributed by atoms with Crippen molar-refractivity contribution in [2.45, 2.75) is 18.4 Å². The molecule has 0 unspecified atom stereocenters. The zero-order chi connectivity index (χ0) is 14.6. The Hall–Kier alpha value is -2.10. The minimum absolute atomic E-state index is 0.182. The van der Waals surface area contributed by atoms with Crippen LogP contribution in [0.3, 0.4) is 0 Å². The summed E-state index contributed by atoms with van der Waals surface area (Å²) < 4.78 is 28.7. The fourth-order valence-corrected chi connectivity index (χ4v) is 2.95. The van der Waals surface area contributed by atoms with Gasteiger partial charge in [0.15, 0.2) is 0 Å². The number of hydrogen-bond donors (Lipinski definition) is 1. The highest BCUT2D eigenvalue weighted by Gasteiger charge is 2.14. The van der Waals surface area contributed by atoms with Crippen molar-refractivity contribution >= 4 is 10.0 Å². The molecular weight excluding hydrogens is 274 g/mol. The van der Waals surface area contributed by atoms with Crippen LogP contribution in [0.2, 0.25) is 0 Å². The summed E-state index contributed by atoms with van der Waals surface area (Å²) in [5.74, 6) is 0. The van der Waals surface area contributed by atoms with Crippen molar-refractivity contribution in [2.24, 2.45) is 0 Å². The molecule has 6 heteroatoms. The van der Waals surface area contributed by atoms with E-state index in [0.717, 1.165) is 0 Å². The molecule has 0 bridgehead atoms. The lowest BCUT2D eigenvalue weighted by Crippen LogP contribution is -2.27.